The topological polar surface area (TPSA) is 46.3 Å². The van der Waals surface area contributed by atoms with Crippen LogP contribution in [0.5, 0.6) is 0 Å². The van der Waals surface area contributed by atoms with Crippen molar-refractivity contribution in [2.45, 2.75) is 13.5 Å². The molecule has 2 aromatic rings. The fourth-order valence-electron chi connectivity index (χ4n) is 2.04. The van der Waals surface area contributed by atoms with Crippen LogP contribution in [0.4, 0.5) is 5.69 Å². The molecule has 0 saturated carbocycles. The number of halogens is 1. The second-order valence-electron chi connectivity index (χ2n) is 4.57. The molecule has 0 unspecified atom stereocenters. The van der Waals surface area contributed by atoms with Gasteiger partial charge in [-0.1, -0.05) is 34.1 Å². The average Bonchev–Trinajstić information content (AvgIpc) is 2.44. The number of hydrogen-bond acceptors (Lipinski definition) is 2. The van der Waals surface area contributed by atoms with Gasteiger partial charge in [-0.15, -0.1) is 0 Å². The Bertz CT molecular complexity index is 613. The summed E-state index contributed by atoms with van der Waals surface area (Å²) in [6.45, 7) is 3.19. The maximum atomic E-state index is 12.5. The number of nitrogens with zero attached hydrogens (tertiary/aromatic N) is 1. The van der Waals surface area contributed by atoms with Crippen LogP contribution in [0.15, 0.2) is 53.0 Å². The molecule has 104 valence electrons. The van der Waals surface area contributed by atoms with Gasteiger partial charge in [-0.25, -0.2) is 0 Å². The van der Waals surface area contributed by atoms with Gasteiger partial charge in [-0.2, -0.15) is 0 Å². The van der Waals surface area contributed by atoms with E-state index in [1.54, 1.807) is 4.90 Å². The number of amides is 1. The highest BCUT2D eigenvalue weighted by Gasteiger charge is 2.14. The van der Waals surface area contributed by atoms with Crippen molar-refractivity contribution >= 4 is 27.5 Å². The molecule has 0 saturated heterocycles. The van der Waals surface area contributed by atoms with Crippen LogP contribution >= 0.6 is 15.9 Å². The highest BCUT2D eigenvalue weighted by Crippen LogP contribution is 2.16. The van der Waals surface area contributed by atoms with Crippen molar-refractivity contribution < 1.29 is 4.79 Å². The molecule has 0 radical (unpaired) electrons. The van der Waals surface area contributed by atoms with Gasteiger partial charge in [0.2, 0.25) is 0 Å². The van der Waals surface area contributed by atoms with E-state index in [1.807, 2.05) is 55.5 Å². The van der Waals surface area contributed by atoms with Gasteiger partial charge in [0.25, 0.3) is 5.91 Å². The molecule has 2 aromatic carbocycles. The molecule has 1 amide bonds. The van der Waals surface area contributed by atoms with E-state index in [0.717, 1.165) is 10.0 Å². The number of nitrogens with two attached hydrogens (primary N) is 1. The average molecular weight is 333 g/mol. The first-order valence-corrected chi connectivity index (χ1v) is 7.28. The quantitative estimate of drug-likeness (QED) is 0.868. The summed E-state index contributed by atoms with van der Waals surface area (Å²) in [5.74, 6) is 0.0243. The molecule has 0 fully saturated rings. The lowest BCUT2D eigenvalue weighted by Gasteiger charge is -2.21. The monoisotopic (exact) mass is 332 g/mol. The molecule has 0 spiro atoms. The lowest BCUT2D eigenvalue weighted by molar-refractivity contribution is 0.0752. The van der Waals surface area contributed by atoms with Crippen molar-refractivity contribution in [3.63, 3.8) is 0 Å². The van der Waals surface area contributed by atoms with Crippen LogP contribution in [0, 0.1) is 0 Å². The minimum atomic E-state index is 0.0243. The Kier molecular flexibility index (Phi) is 4.79. The van der Waals surface area contributed by atoms with Crippen LogP contribution in [0.1, 0.15) is 22.8 Å². The molecule has 0 aliphatic heterocycles. The predicted molar refractivity (Wildman–Crippen MR) is 85.4 cm³/mol. The molecular weight excluding hydrogens is 316 g/mol. The van der Waals surface area contributed by atoms with E-state index >= 15 is 0 Å². The smallest absolute Gasteiger partial charge is 0.254 e. The minimum Gasteiger partial charge on any atom is -0.399 e. The molecule has 20 heavy (non-hydrogen) atoms. The first kappa shape index (κ1) is 14.6. The van der Waals surface area contributed by atoms with Crippen LogP contribution in [0.25, 0.3) is 0 Å². The summed E-state index contributed by atoms with van der Waals surface area (Å²) >= 11 is 3.39. The summed E-state index contributed by atoms with van der Waals surface area (Å²) in [5, 5.41) is 0. The summed E-state index contributed by atoms with van der Waals surface area (Å²) in [7, 11) is 0. The van der Waals surface area contributed by atoms with E-state index in [-0.39, 0.29) is 5.91 Å². The molecule has 2 N–H and O–H groups in total. The zero-order chi connectivity index (χ0) is 14.5. The molecule has 0 aromatic heterocycles. The Morgan fingerprint density at radius 1 is 1.20 bits per heavy atom. The summed E-state index contributed by atoms with van der Waals surface area (Å²) in [5.41, 5.74) is 8.21. The SMILES string of the molecule is CCN(Cc1cccc(N)c1)C(=O)c1cccc(Br)c1. The number of nitrogen functional groups attached to an aromatic ring is 1. The highest BCUT2D eigenvalue weighted by molar-refractivity contribution is 9.10. The van der Waals surface area contributed by atoms with Gasteiger partial charge in [-0.3, -0.25) is 4.79 Å². The summed E-state index contributed by atoms with van der Waals surface area (Å²) in [6, 6.07) is 15.1. The number of rotatable bonds is 4. The van der Waals surface area contributed by atoms with E-state index in [4.69, 9.17) is 5.73 Å². The van der Waals surface area contributed by atoms with Gasteiger partial charge >= 0.3 is 0 Å². The van der Waals surface area contributed by atoms with E-state index in [1.165, 1.54) is 0 Å². The third-order valence-corrected chi connectivity index (χ3v) is 3.56. The van der Waals surface area contributed by atoms with Gasteiger partial charge in [0.1, 0.15) is 0 Å². The standard InChI is InChI=1S/C16H17BrN2O/c1-2-19(11-12-5-3-8-15(18)9-12)16(20)13-6-4-7-14(17)10-13/h3-10H,2,11,18H2,1H3. The molecule has 4 heteroatoms. The Morgan fingerprint density at radius 3 is 2.60 bits per heavy atom. The fraction of sp³-hybridized carbons (Fsp3) is 0.188. The van der Waals surface area contributed by atoms with Crippen LogP contribution in [-0.4, -0.2) is 17.4 Å². The normalized spacial score (nSPS) is 10.3. The van der Waals surface area contributed by atoms with E-state index < -0.39 is 0 Å². The maximum absolute atomic E-state index is 12.5. The minimum absolute atomic E-state index is 0.0243. The van der Waals surface area contributed by atoms with Gasteiger partial charge in [0.15, 0.2) is 0 Å². The third kappa shape index (κ3) is 3.61. The molecule has 0 aliphatic carbocycles. The molecule has 0 aliphatic rings. The molecule has 3 nitrogen and oxygen atoms in total. The van der Waals surface area contributed by atoms with Crippen molar-refractivity contribution in [3.05, 3.63) is 64.1 Å². The predicted octanol–water partition coefficient (Wildman–Crippen LogP) is 3.69. The highest BCUT2D eigenvalue weighted by atomic mass is 79.9. The van der Waals surface area contributed by atoms with Crippen molar-refractivity contribution in [1.29, 1.82) is 0 Å². The number of carbonyl (C=O) groups excluding carboxylic acids is 1. The number of hydrogen-bond donors (Lipinski definition) is 1. The Morgan fingerprint density at radius 2 is 1.95 bits per heavy atom. The van der Waals surface area contributed by atoms with Crippen LogP contribution in [0.2, 0.25) is 0 Å². The first-order valence-electron chi connectivity index (χ1n) is 6.49. The fourth-order valence-corrected chi connectivity index (χ4v) is 2.44. The summed E-state index contributed by atoms with van der Waals surface area (Å²) < 4.78 is 0.906. The Balaban J connectivity index is 2.18. The molecule has 0 bridgehead atoms. The van der Waals surface area contributed by atoms with Gasteiger partial charge in [0.05, 0.1) is 0 Å². The number of carbonyl (C=O) groups is 1. The van der Waals surface area contributed by atoms with Crippen molar-refractivity contribution in [3.8, 4) is 0 Å². The largest absolute Gasteiger partial charge is 0.399 e. The molecule has 0 heterocycles. The van der Waals surface area contributed by atoms with Gasteiger partial charge in [0, 0.05) is 28.8 Å². The Hall–Kier alpha value is -1.81. The first-order chi connectivity index (χ1) is 9.60. The third-order valence-electron chi connectivity index (χ3n) is 3.06. The zero-order valence-corrected chi connectivity index (χ0v) is 12.9. The van der Waals surface area contributed by atoms with E-state index in [2.05, 4.69) is 15.9 Å². The van der Waals surface area contributed by atoms with Crippen LogP contribution < -0.4 is 5.73 Å². The molecular formula is C16H17BrN2O. The second kappa shape index (κ2) is 6.57. The number of anilines is 1. The van der Waals surface area contributed by atoms with Gasteiger partial charge in [-0.05, 0) is 42.8 Å². The lowest BCUT2D eigenvalue weighted by atomic mass is 10.1. The number of benzene rings is 2. The van der Waals surface area contributed by atoms with E-state index in [0.29, 0.717) is 24.3 Å². The van der Waals surface area contributed by atoms with E-state index in [9.17, 15) is 4.79 Å². The molecule has 0 atom stereocenters. The zero-order valence-electron chi connectivity index (χ0n) is 11.3. The van der Waals surface area contributed by atoms with Crippen molar-refractivity contribution in [2.24, 2.45) is 0 Å². The summed E-state index contributed by atoms with van der Waals surface area (Å²) in [4.78, 5) is 14.3. The maximum Gasteiger partial charge on any atom is 0.254 e. The van der Waals surface area contributed by atoms with Crippen LogP contribution in [-0.2, 0) is 6.54 Å². The van der Waals surface area contributed by atoms with Crippen LogP contribution in [0.3, 0.4) is 0 Å². The Labute approximate surface area is 127 Å². The van der Waals surface area contributed by atoms with Gasteiger partial charge < -0.3 is 10.6 Å². The lowest BCUT2D eigenvalue weighted by Crippen LogP contribution is -2.30. The second-order valence-corrected chi connectivity index (χ2v) is 5.49. The van der Waals surface area contributed by atoms with Crippen molar-refractivity contribution in [1.82, 2.24) is 4.90 Å². The molecule has 2 rings (SSSR count). The van der Waals surface area contributed by atoms with Crippen molar-refractivity contribution in [2.75, 3.05) is 12.3 Å². The summed E-state index contributed by atoms with van der Waals surface area (Å²) in [6.07, 6.45) is 0.